The lowest BCUT2D eigenvalue weighted by Crippen LogP contribution is -2.46. The van der Waals surface area contributed by atoms with Crippen molar-refractivity contribution in [2.75, 3.05) is 19.3 Å². The summed E-state index contributed by atoms with van der Waals surface area (Å²) >= 11 is 0. The molecule has 0 aromatic heterocycles. The smallest absolute Gasteiger partial charge is 0.315 e. The quantitative estimate of drug-likeness (QED) is 0.668. The van der Waals surface area contributed by atoms with Gasteiger partial charge in [0.05, 0.1) is 6.26 Å². The zero-order chi connectivity index (χ0) is 20.0. The fraction of sp³-hybridized carbons (Fsp3) is 0.556. The molecule has 1 aliphatic rings. The summed E-state index contributed by atoms with van der Waals surface area (Å²) in [5, 5.41) is 8.46. The van der Waals surface area contributed by atoms with Gasteiger partial charge in [-0.25, -0.2) is 17.5 Å². The fourth-order valence-corrected chi connectivity index (χ4v) is 3.74. The molecule has 0 saturated carbocycles. The second-order valence-electron chi connectivity index (χ2n) is 7.09. The molecule has 27 heavy (non-hydrogen) atoms. The van der Waals surface area contributed by atoms with Crippen LogP contribution in [0.15, 0.2) is 24.3 Å². The molecule has 0 unspecified atom stereocenters. The van der Waals surface area contributed by atoms with Gasteiger partial charge in [0, 0.05) is 37.3 Å². The van der Waals surface area contributed by atoms with Crippen LogP contribution in [0, 0.1) is 0 Å². The predicted octanol–water partition coefficient (Wildman–Crippen LogP) is 1.05. The number of nitrogens with zero attached hydrogens (tertiary/aromatic N) is 1. The summed E-state index contributed by atoms with van der Waals surface area (Å²) < 4.78 is 24.5. The Kier molecular flexibility index (Phi) is 7.20. The second-order valence-corrected chi connectivity index (χ2v) is 9.07. The topological polar surface area (TPSA) is 108 Å². The van der Waals surface area contributed by atoms with Crippen LogP contribution < -0.4 is 16.0 Å². The monoisotopic (exact) mass is 396 g/mol. The van der Waals surface area contributed by atoms with Crippen molar-refractivity contribution >= 4 is 22.0 Å². The molecular weight excluding hydrogens is 368 g/mol. The highest BCUT2D eigenvalue weighted by atomic mass is 32.2. The number of rotatable bonds is 6. The molecule has 1 aromatic carbocycles. The zero-order valence-electron chi connectivity index (χ0n) is 16.0. The van der Waals surface area contributed by atoms with Gasteiger partial charge in [-0.05, 0) is 44.4 Å². The van der Waals surface area contributed by atoms with Gasteiger partial charge in [0.25, 0.3) is 5.91 Å². The van der Waals surface area contributed by atoms with Gasteiger partial charge in [-0.2, -0.15) is 0 Å². The van der Waals surface area contributed by atoms with Crippen molar-refractivity contribution in [1.29, 1.82) is 0 Å². The summed E-state index contributed by atoms with van der Waals surface area (Å²) in [7, 11) is -3.17. The lowest BCUT2D eigenvalue weighted by Gasteiger charge is -2.30. The Morgan fingerprint density at radius 2 is 1.74 bits per heavy atom. The molecule has 2 rings (SSSR count). The number of hydrogen-bond donors (Lipinski definition) is 3. The minimum absolute atomic E-state index is 0.0310. The average Bonchev–Trinajstić information content (AvgIpc) is 2.59. The third-order valence-corrected chi connectivity index (χ3v) is 5.65. The van der Waals surface area contributed by atoms with E-state index in [-0.39, 0.29) is 24.0 Å². The normalized spacial score (nSPS) is 16.1. The summed E-state index contributed by atoms with van der Waals surface area (Å²) in [5.74, 6) is -0.176. The summed E-state index contributed by atoms with van der Waals surface area (Å²) in [4.78, 5) is 23.9. The lowest BCUT2D eigenvalue weighted by molar-refractivity contribution is 0.0924. The highest BCUT2D eigenvalue weighted by Gasteiger charge is 2.25. The van der Waals surface area contributed by atoms with E-state index >= 15 is 0 Å². The van der Waals surface area contributed by atoms with E-state index < -0.39 is 10.0 Å². The number of amides is 3. The van der Waals surface area contributed by atoms with Crippen molar-refractivity contribution in [3.63, 3.8) is 0 Å². The van der Waals surface area contributed by atoms with Gasteiger partial charge < -0.3 is 16.0 Å². The van der Waals surface area contributed by atoms with Crippen LogP contribution in [0.4, 0.5) is 4.79 Å². The molecule has 0 spiro atoms. The third-order valence-electron chi connectivity index (χ3n) is 4.35. The van der Waals surface area contributed by atoms with Gasteiger partial charge in [-0.1, -0.05) is 12.1 Å². The standard InChI is InChI=1S/C18H28N4O4S/c1-13(2)20-18(24)19-12-14-4-6-15(7-5-14)17(23)21-16-8-10-22(11-9-16)27(3,25)26/h4-7,13,16H,8-12H2,1-3H3,(H,21,23)(H2,19,20,24). The minimum atomic E-state index is -3.17. The molecule has 0 aliphatic carbocycles. The highest BCUT2D eigenvalue weighted by Crippen LogP contribution is 2.14. The van der Waals surface area contributed by atoms with E-state index in [0.29, 0.717) is 38.0 Å². The van der Waals surface area contributed by atoms with Gasteiger partial charge in [0.1, 0.15) is 0 Å². The SMILES string of the molecule is CC(C)NC(=O)NCc1ccc(C(=O)NC2CCN(S(C)(=O)=O)CC2)cc1. The molecule has 150 valence electrons. The average molecular weight is 397 g/mol. The maximum atomic E-state index is 12.4. The largest absolute Gasteiger partial charge is 0.349 e. The van der Waals surface area contributed by atoms with Crippen LogP contribution in [-0.4, -0.2) is 56.1 Å². The molecule has 0 radical (unpaired) electrons. The molecule has 8 nitrogen and oxygen atoms in total. The summed E-state index contributed by atoms with van der Waals surface area (Å²) in [6, 6.07) is 6.86. The van der Waals surface area contributed by atoms with Crippen LogP contribution in [0.1, 0.15) is 42.6 Å². The van der Waals surface area contributed by atoms with E-state index in [2.05, 4.69) is 16.0 Å². The van der Waals surface area contributed by atoms with E-state index in [0.717, 1.165) is 5.56 Å². The first-order valence-corrected chi connectivity index (χ1v) is 10.9. The van der Waals surface area contributed by atoms with E-state index in [4.69, 9.17) is 0 Å². The van der Waals surface area contributed by atoms with Crippen molar-refractivity contribution in [3.05, 3.63) is 35.4 Å². The summed E-state index contributed by atoms with van der Waals surface area (Å²) in [6.45, 7) is 5.00. The molecule has 1 aliphatic heterocycles. The number of carbonyl (C=O) groups excluding carboxylic acids is 2. The van der Waals surface area contributed by atoms with E-state index in [1.807, 2.05) is 13.8 Å². The van der Waals surface area contributed by atoms with Crippen molar-refractivity contribution in [2.45, 2.75) is 45.3 Å². The predicted molar refractivity (Wildman–Crippen MR) is 104 cm³/mol. The molecule has 1 saturated heterocycles. The molecule has 0 bridgehead atoms. The number of sulfonamides is 1. The Morgan fingerprint density at radius 1 is 1.15 bits per heavy atom. The number of piperidine rings is 1. The van der Waals surface area contributed by atoms with E-state index in [1.165, 1.54) is 10.6 Å². The Hall–Kier alpha value is -2.13. The van der Waals surface area contributed by atoms with Crippen LogP contribution in [-0.2, 0) is 16.6 Å². The molecule has 1 heterocycles. The Bertz CT molecular complexity index is 754. The minimum Gasteiger partial charge on any atom is -0.349 e. The molecule has 3 N–H and O–H groups in total. The zero-order valence-corrected chi connectivity index (χ0v) is 16.8. The van der Waals surface area contributed by atoms with Crippen molar-refractivity contribution in [3.8, 4) is 0 Å². The van der Waals surface area contributed by atoms with Gasteiger partial charge in [-0.3, -0.25) is 4.79 Å². The number of benzene rings is 1. The van der Waals surface area contributed by atoms with Crippen LogP contribution in [0.5, 0.6) is 0 Å². The molecule has 9 heteroatoms. The van der Waals surface area contributed by atoms with Crippen LogP contribution >= 0.6 is 0 Å². The highest BCUT2D eigenvalue weighted by molar-refractivity contribution is 7.88. The van der Waals surface area contributed by atoms with Gasteiger partial charge in [0.15, 0.2) is 0 Å². The van der Waals surface area contributed by atoms with Crippen molar-refractivity contribution in [1.82, 2.24) is 20.3 Å². The molecular formula is C18H28N4O4S. The van der Waals surface area contributed by atoms with Gasteiger partial charge in [0.2, 0.25) is 10.0 Å². The molecule has 1 aromatic rings. The second kappa shape index (κ2) is 9.18. The summed E-state index contributed by atoms with van der Waals surface area (Å²) in [5.41, 5.74) is 1.43. The first-order valence-electron chi connectivity index (χ1n) is 9.04. The summed E-state index contributed by atoms with van der Waals surface area (Å²) in [6.07, 6.45) is 2.41. The van der Waals surface area contributed by atoms with Crippen molar-refractivity contribution in [2.24, 2.45) is 0 Å². The third kappa shape index (κ3) is 6.84. The number of urea groups is 1. The Labute approximate surface area is 160 Å². The fourth-order valence-electron chi connectivity index (χ4n) is 2.87. The van der Waals surface area contributed by atoms with E-state index in [9.17, 15) is 18.0 Å². The van der Waals surface area contributed by atoms with Crippen LogP contribution in [0.25, 0.3) is 0 Å². The van der Waals surface area contributed by atoms with E-state index in [1.54, 1.807) is 24.3 Å². The van der Waals surface area contributed by atoms with Crippen molar-refractivity contribution < 1.29 is 18.0 Å². The first kappa shape index (κ1) is 21.2. The molecule has 1 fully saturated rings. The van der Waals surface area contributed by atoms with Gasteiger partial charge >= 0.3 is 6.03 Å². The number of hydrogen-bond acceptors (Lipinski definition) is 4. The number of carbonyl (C=O) groups is 2. The molecule has 0 atom stereocenters. The molecule has 3 amide bonds. The Morgan fingerprint density at radius 3 is 2.26 bits per heavy atom. The van der Waals surface area contributed by atoms with Crippen LogP contribution in [0.3, 0.4) is 0 Å². The lowest BCUT2D eigenvalue weighted by atomic mass is 10.1. The van der Waals surface area contributed by atoms with Crippen LogP contribution in [0.2, 0.25) is 0 Å². The maximum absolute atomic E-state index is 12.4. The number of nitrogens with one attached hydrogen (secondary N) is 3. The maximum Gasteiger partial charge on any atom is 0.315 e. The Balaban J connectivity index is 1.81. The van der Waals surface area contributed by atoms with Gasteiger partial charge in [-0.15, -0.1) is 0 Å². The first-order chi connectivity index (χ1) is 12.6.